The minimum absolute atomic E-state index is 0.145. The van der Waals surface area contributed by atoms with E-state index in [9.17, 15) is 4.79 Å². The van der Waals surface area contributed by atoms with Gasteiger partial charge in [-0.2, -0.15) is 0 Å². The van der Waals surface area contributed by atoms with Crippen molar-refractivity contribution in [1.29, 1.82) is 0 Å². The summed E-state index contributed by atoms with van der Waals surface area (Å²) in [5.41, 5.74) is 6.31. The molecular formula is C16H27N3O2. The second-order valence-corrected chi connectivity index (χ2v) is 5.30. The molecule has 0 saturated heterocycles. The molecule has 1 aromatic rings. The molecule has 0 unspecified atom stereocenters. The molecule has 0 aliphatic heterocycles. The fourth-order valence-corrected chi connectivity index (χ4v) is 2.02. The molecule has 0 aliphatic rings. The van der Waals surface area contributed by atoms with E-state index in [-0.39, 0.29) is 5.91 Å². The molecule has 2 N–H and O–H groups in total. The van der Waals surface area contributed by atoms with Crippen LogP contribution < -0.4 is 10.5 Å². The highest BCUT2D eigenvalue weighted by Gasteiger charge is 2.11. The maximum Gasteiger partial charge on any atom is 0.225 e. The van der Waals surface area contributed by atoms with Gasteiger partial charge in [0.25, 0.3) is 0 Å². The van der Waals surface area contributed by atoms with Crippen LogP contribution in [0.2, 0.25) is 0 Å². The maximum absolute atomic E-state index is 12.1. The molecule has 0 aliphatic carbocycles. The summed E-state index contributed by atoms with van der Waals surface area (Å²) in [6.07, 6.45) is 1.39. The number of rotatable bonds is 9. The van der Waals surface area contributed by atoms with E-state index in [1.807, 2.05) is 38.1 Å². The largest absolute Gasteiger partial charge is 0.493 e. The summed E-state index contributed by atoms with van der Waals surface area (Å²) in [5.74, 6) is 0.888. The van der Waals surface area contributed by atoms with Crippen molar-refractivity contribution in [2.24, 2.45) is 0 Å². The third-order valence-electron chi connectivity index (χ3n) is 3.23. The van der Waals surface area contributed by atoms with Crippen LogP contribution in [0.15, 0.2) is 24.3 Å². The number of amides is 1. The molecule has 118 valence electrons. The third-order valence-corrected chi connectivity index (χ3v) is 3.23. The summed E-state index contributed by atoms with van der Waals surface area (Å²) in [4.78, 5) is 16.1. The minimum Gasteiger partial charge on any atom is -0.493 e. The fraction of sp³-hybridized carbons (Fsp3) is 0.562. The van der Waals surface area contributed by atoms with Crippen LogP contribution >= 0.6 is 0 Å². The first kappa shape index (κ1) is 17.3. The summed E-state index contributed by atoms with van der Waals surface area (Å²) in [7, 11) is 4.08. The number of carbonyl (C=O) groups is 1. The fourth-order valence-electron chi connectivity index (χ4n) is 2.02. The van der Waals surface area contributed by atoms with Crippen LogP contribution in [-0.2, 0) is 4.79 Å². The molecule has 1 aromatic carbocycles. The van der Waals surface area contributed by atoms with Crippen molar-refractivity contribution in [3.63, 3.8) is 0 Å². The van der Waals surface area contributed by atoms with E-state index in [0.29, 0.717) is 18.7 Å². The Morgan fingerprint density at radius 3 is 2.43 bits per heavy atom. The first-order chi connectivity index (χ1) is 10.0. The van der Waals surface area contributed by atoms with Crippen molar-refractivity contribution in [2.75, 3.05) is 46.1 Å². The molecule has 0 atom stereocenters. The SMILES string of the molecule is CCN(CCCN(C)C)C(=O)CCOc1ccc(N)cc1. The number of anilines is 1. The van der Waals surface area contributed by atoms with Crippen molar-refractivity contribution in [1.82, 2.24) is 9.80 Å². The second kappa shape index (κ2) is 9.23. The Bertz CT molecular complexity index is 418. The Kier molecular flexibility index (Phi) is 7.61. The van der Waals surface area contributed by atoms with E-state index in [4.69, 9.17) is 10.5 Å². The molecule has 0 aromatic heterocycles. The smallest absolute Gasteiger partial charge is 0.225 e. The average Bonchev–Trinajstić information content (AvgIpc) is 2.45. The molecule has 5 heteroatoms. The van der Waals surface area contributed by atoms with Gasteiger partial charge in [-0.25, -0.2) is 0 Å². The number of ether oxygens (including phenoxy) is 1. The van der Waals surface area contributed by atoms with Crippen molar-refractivity contribution < 1.29 is 9.53 Å². The zero-order valence-corrected chi connectivity index (χ0v) is 13.3. The summed E-state index contributed by atoms with van der Waals surface area (Å²) >= 11 is 0. The Morgan fingerprint density at radius 2 is 1.86 bits per heavy atom. The van der Waals surface area contributed by atoms with Gasteiger partial charge in [0.2, 0.25) is 5.91 Å². The van der Waals surface area contributed by atoms with Gasteiger partial charge in [-0.1, -0.05) is 0 Å². The van der Waals surface area contributed by atoms with E-state index in [1.165, 1.54) is 0 Å². The maximum atomic E-state index is 12.1. The topological polar surface area (TPSA) is 58.8 Å². The van der Waals surface area contributed by atoms with Gasteiger partial charge in [0.05, 0.1) is 13.0 Å². The quantitative estimate of drug-likeness (QED) is 0.706. The molecule has 1 amide bonds. The zero-order valence-electron chi connectivity index (χ0n) is 13.3. The molecule has 1 rings (SSSR count). The Balaban J connectivity index is 2.28. The first-order valence-corrected chi connectivity index (χ1v) is 7.43. The van der Waals surface area contributed by atoms with Gasteiger partial charge < -0.3 is 20.3 Å². The number of hydrogen-bond acceptors (Lipinski definition) is 4. The molecule has 21 heavy (non-hydrogen) atoms. The lowest BCUT2D eigenvalue weighted by Crippen LogP contribution is -2.34. The van der Waals surface area contributed by atoms with Crippen LogP contribution in [0, 0.1) is 0 Å². The number of nitrogens with zero attached hydrogens (tertiary/aromatic N) is 2. The van der Waals surface area contributed by atoms with Gasteiger partial charge in [0.1, 0.15) is 5.75 Å². The lowest BCUT2D eigenvalue weighted by Gasteiger charge is -2.22. The number of benzene rings is 1. The summed E-state index contributed by atoms with van der Waals surface area (Å²) in [6, 6.07) is 7.20. The predicted molar refractivity (Wildman–Crippen MR) is 86.4 cm³/mol. The lowest BCUT2D eigenvalue weighted by molar-refractivity contribution is -0.131. The standard InChI is InChI=1S/C16H27N3O2/c1-4-19(12-5-11-18(2)3)16(20)10-13-21-15-8-6-14(17)7-9-15/h6-9H,4-5,10-13,17H2,1-3H3. The van der Waals surface area contributed by atoms with Crippen molar-refractivity contribution >= 4 is 11.6 Å². The highest BCUT2D eigenvalue weighted by atomic mass is 16.5. The van der Waals surface area contributed by atoms with Crippen LogP contribution in [0.4, 0.5) is 5.69 Å². The van der Waals surface area contributed by atoms with E-state index < -0.39 is 0 Å². The van der Waals surface area contributed by atoms with Crippen LogP contribution in [0.25, 0.3) is 0 Å². The van der Waals surface area contributed by atoms with Crippen LogP contribution in [-0.4, -0.2) is 56.0 Å². The number of carbonyl (C=O) groups excluding carboxylic acids is 1. The molecule has 0 saturated carbocycles. The molecule has 0 fully saturated rings. The number of hydrogen-bond donors (Lipinski definition) is 1. The van der Waals surface area contributed by atoms with Crippen LogP contribution in [0.1, 0.15) is 19.8 Å². The van der Waals surface area contributed by atoms with Crippen molar-refractivity contribution in [3.8, 4) is 5.75 Å². The highest BCUT2D eigenvalue weighted by Crippen LogP contribution is 2.13. The lowest BCUT2D eigenvalue weighted by atomic mass is 10.3. The minimum atomic E-state index is 0.145. The summed E-state index contributed by atoms with van der Waals surface area (Å²) in [5, 5.41) is 0. The number of nitrogens with two attached hydrogens (primary N) is 1. The third kappa shape index (κ3) is 6.99. The van der Waals surface area contributed by atoms with Gasteiger partial charge >= 0.3 is 0 Å². The number of nitrogen functional groups attached to an aromatic ring is 1. The second-order valence-electron chi connectivity index (χ2n) is 5.30. The van der Waals surface area contributed by atoms with Crippen LogP contribution in [0.3, 0.4) is 0 Å². The predicted octanol–water partition coefficient (Wildman–Crippen LogP) is 1.84. The van der Waals surface area contributed by atoms with Crippen molar-refractivity contribution in [3.05, 3.63) is 24.3 Å². The molecular weight excluding hydrogens is 266 g/mol. The molecule has 0 heterocycles. The van der Waals surface area contributed by atoms with E-state index in [2.05, 4.69) is 4.90 Å². The van der Waals surface area contributed by atoms with Gasteiger partial charge in [-0.05, 0) is 58.3 Å². The molecule has 0 radical (unpaired) electrons. The first-order valence-electron chi connectivity index (χ1n) is 7.43. The van der Waals surface area contributed by atoms with Gasteiger partial charge in [-0.3, -0.25) is 4.79 Å². The molecule has 0 bridgehead atoms. The van der Waals surface area contributed by atoms with Gasteiger partial charge in [-0.15, -0.1) is 0 Å². The highest BCUT2D eigenvalue weighted by molar-refractivity contribution is 5.76. The van der Waals surface area contributed by atoms with E-state index in [1.54, 1.807) is 12.1 Å². The van der Waals surface area contributed by atoms with E-state index in [0.717, 1.165) is 31.8 Å². The van der Waals surface area contributed by atoms with E-state index >= 15 is 0 Å². The van der Waals surface area contributed by atoms with Crippen molar-refractivity contribution in [2.45, 2.75) is 19.8 Å². The summed E-state index contributed by atoms with van der Waals surface area (Å²) < 4.78 is 5.56. The monoisotopic (exact) mass is 293 g/mol. The zero-order chi connectivity index (χ0) is 15.7. The van der Waals surface area contributed by atoms with Gasteiger partial charge in [0.15, 0.2) is 0 Å². The van der Waals surface area contributed by atoms with Gasteiger partial charge in [0, 0.05) is 18.8 Å². The molecule has 5 nitrogen and oxygen atoms in total. The Morgan fingerprint density at radius 1 is 1.19 bits per heavy atom. The average molecular weight is 293 g/mol. The molecule has 0 spiro atoms. The summed E-state index contributed by atoms with van der Waals surface area (Å²) in [6.45, 7) is 4.94. The normalized spacial score (nSPS) is 10.7. The Hall–Kier alpha value is -1.75. The van der Waals surface area contributed by atoms with Crippen LogP contribution in [0.5, 0.6) is 5.75 Å². The Labute approximate surface area is 127 Å².